The number of piperidine rings is 1. The number of nitrogens with zero attached hydrogens (tertiary/aromatic N) is 1. The van der Waals surface area contributed by atoms with Gasteiger partial charge in [-0.2, -0.15) is 0 Å². The lowest BCUT2D eigenvalue weighted by atomic mass is 9.85. The lowest BCUT2D eigenvalue weighted by Crippen LogP contribution is -2.47. The summed E-state index contributed by atoms with van der Waals surface area (Å²) in [5.41, 5.74) is 2.63. The summed E-state index contributed by atoms with van der Waals surface area (Å²) in [5.74, 6) is 0.0966. The molecule has 0 bridgehead atoms. The zero-order valence-electron chi connectivity index (χ0n) is 18.7. The molecular weight excluding hydrogens is 395 g/mol. The molecule has 1 fully saturated rings. The highest BCUT2D eigenvalue weighted by Gasteiger charge is 2.25. The lowest BCUT2D eigenvalue weighted by Gasteiger charge is -2.32. The summed E-state index contributed by atoms with van der Waals surface area (Å²) in [6.07, 6.45) is 1.35. The first-order valence-electron chi connectivity index (χ1n) is 10.7. The minimum Gasteiger partial charge on any atom is -0.483 e. The molecule has 5 nitrogen and oxygen atoms in total. The van der Waals surface area contributed by atoms with Gasteiger partial charge in [-0.05, 0) is 61.1 Å². The summed E-state index contributed by atoms with van der Waals surface area (Å²) in [5, 5.41) is 3.01. The number of ether oxygens (including phenoxy) is 1. The van der Waals surface area contributed by atoms with Gasteiger partial charge >= 0.3 is 0 Å². The van der Waals surface area contributed by atoms with E-state index in [1.165, 1.54) is 24.3 Å². The number of aryl methyl sites for hydroxylation is 1. The van der Waals surface area contributed by atoms with Gasteiger partial charge in [-0.15, -0.1) is 0 Å². The number of carbonyl (C=O) groups is 2. The van der Waals surface area contributed by atoms with Crippen molar-refractivity contribution in [2.24, 2.45) is 0 Å². The van der Waals surface area contributed by atoms with Crippen molar-refractivity contribution in [1.82, 2.24) is 10.2 Å². The highest BCUT2D eigenvalue weighted by Crippen LogP contribution is 2.32. The van der Waals surface area contributed by atoms with Crippen molar-refractivity contribution in [3.05, 3.63) is 65.0 Å². The van der Waals surface area contributed by atoms with E-state index in [4.69, 9.17) is 4.74 Å². The number of nitrogens with one attached hydrogen (secondary N) is 1. The van der Waals surface area contributed by atoms with E-state index in [2.05, 4.69) is 32.2 Å². The van der Waals surface area contributed by atoms with Crippen LogP contribution >= 0.6 is 0 Å². The van der Waals surface area contributed by atoms with Crippen molar-refractivity contribution in [3.63, 3.8) is 0 Å². The van der Waals surface area contributed by atoms with Gasteiger partial charge in [0.25, 0.3) is 11.8 Å². The Kier molecular flexibility index (Phi) is 6.98. The molecule has 0 aliphatic carbocycles. The van der Waals surface area contributed by atoms with Crippen LogP contribution in [0.2, 0.25) is 0 Å². The molecule has 1 aliphatic rings. The van der Waals surface area contributed by atoms with Gasteiger partial charge in [0.2, 0.25) is 0 Å². The van der Waals surface area contributed by atoms with Crippen molar-refractivity contribution in [1.29, 1.82) is 0 Å². The summed E-state index contributed by atoms with van der Waals surface area (Å²) >= 11 is 0. The number of halogens is 1. The van der Waals surface area contributed by atoms with Gasteiger partial charge in [0.15, 0.2) is 6.61 Å². The SMILES string of the molecule is Cc1ccc(OCC(=O)NC2CCN(C(=O)c3ccc(F)cc3)CC2)c(C(C)(C)C)c1. The van der Waals surface area contributed by atoms with E-state index in [1.807, 2.05) is 19.1 Å². The van der Waals surface area contributed by atoms with E-state index >= 15 is 0 Å². The van der Waals surface area contributed by atoms with Crippen molar-refractivity contribution >= 4 is 11.8 Å². The van der Waals surface area contributed by atoms with E-state index < -0.39 is 0 Å². The van der Waals surface area contributed by atoms with Crippen LogP contribution in [0.1, 0.15) is 55.1 Å². The highest BCUT2D eigenvalue weighted by molar-refractivity contribution is 5.94. The fraction of sp³-hybridized carbons (Fsp3) is 0.440. The third kappa shape index (κ3) is 6.06. The Labute approximate surface area is 183 Å². The standard InChI is InChI=1S/C25H31FN2O3/c1-17-5-10-22(21(15-17)25(2,3)4)31-16-23(29)27-20-11-13-28(14-12-20)24(30)18-6-8-19(26)9-7-18/h5-10,15,20H,11-14,16H2,1-4H3,(H,27,29). The van der Waals surface area contributed by atoms with Gasteiger partial charge in [0.1, 0.15) is 11.6 Å². The maximum atomic E-state index is 13.1. The van der Waals surface area contributed by atoms with Gasteiger partial charge < -0.3 is 15.0 Å². The number of amides is 2. The average Bonchev–Trinajstić information content (AvgIpc) is 2.73. The van der Waals surface area contributed by atoms with Crippen LogP contribution in [0.3, 0.4) is 0 Å². The van der Waals surface area contributed by atoms with Crippen LogP contribution in [-0.4, -0.2) is 42.5 Å². The van der Waals surface area contributed by atoms with E-state index in [9.17, 15) is 14.0 Å². The Hall–Kier alpha value is -2.89. The molecule has 2 amide bonds. The predicted octanol–water partition coefficient (Wildman–Crippen LogP) is 4.23. The Balaban J connectivity index is 1.49. The largest absolute Gasteiger partial charge is 0.483 e. The number of rotatable bonds is 5. The third-order valence-electron chi connectivity index (χ3n) is 5.54. The van der Waals surface area contributed by atoms with Crippen LogP contribution in [-0.2, 0) is 10.2 Å². The molecule has 1 heterocycles. The van der Waals surface area contributed by atoms with Gasteiger partial charge in [-0.3, -0.25) is 9.59 Å². The van der Waals surface area contributed by atoms with E-state index in [0.717, 1.165) is 16.9 Å². The lowest BCUT2D eigenvalue weighted by molar-refractivity contribution is -0.124. The molecule has 31 heavy (non-hydrogen) atoms. The first kappa shape index (κ1) is 22.8. The second kappa shape index (κ2) is 9.50. The predicted molar refractivity (Wildman–Crippen MR) is 119 cm³/mol. The van der Waals surface area contributed by atoms with Crippen molar-refractivity contribution < 1.29 is 18.7 Å². The van der Waals surface area contributed by atoms with Crippen LogP contribution in [0, 0.1) is 12.7 Å². The summed E-state index contributed by atoms with van der Waals surface area (Å²) in [7, 11) is 0. The zero-order chi connectivity index (χ0) is 22.6. The Morgan fingerprint density at radius 2 is 1.74 bits per heavy atom. The molecule has 0 atom stereocenters. The molecule has 0 radical (unpaired) electrons. The van der Waals surface area contributed by atoms with Crippen LogP contribution < -0.4 is 10.1 Å². The van der Waals surface area contributed by atoms with Gasteiger partial charge in [0, 0.05) is 24.7 Å². The monoisotopic (exact) mass is 426 g/mol. The van der Waals surface area contributed by atoms with Crippen LogP contribution in [0.15, 0.2) is 42.5 Å². The van der Waals surface area contributed by atoms with Gasteiger partial charge in [0.05, 0.1) is 0 Å². The molecule has 1 saturated heterocycles. The Morgan fingerprint density at radius 3 is 2.35 bits per heavy atom. The van der Waals surface area contributed by atoms with E-state index in [1.54, 1.807) is 4.90 Å². The summed E-state index contributed by atoms with van der Waals surface area (Å²) in [4.78, 5) is 26.7. The molecule has 1 aliphatic heterocycles. The second-order valence-electron chi connectivity index (χ2n) is 9.18. The summed E-state index contributed by atoms with van der Waals surface area (Å²) in [6, 6.07) is 11.6. The zero-order valence-corrected chi connectivity index (χ0v) is 18.7. The van der Waals surface area contributed by atoms with Gasteiger partial charge in [-0.1, -0.05) is 38.5 Å². The smallest absolute Gasteiger partial charge is 0.258 e. The maximum Gasteiger partial charge on any atom is 0.258 e. The maximum absolute atomic E-state index is 13.1. The molecule has 2 aromatic rings. The van der Waals surface area contributed by atoms with Crippen molar-refractivity contribution in [3.8, 4) is 5.75 Å². The minimum atomic E-state index is -0.361. The number of likely N-dealkylation sites (tertiary alicyclic amines) is 1. The summed E-state index contributed by atoms with van der Waals surface area (Å²) < 4.78 is 18.9. The molecule has 166 valence electrons. The van der Waals surface area contributed by atoms with Gasteiger partial charge in [-0.25, -0.2) is 4.39 Å². The minimum absolute atomic E-state index is 0.00784. The van der Waals surface area contributed by atoms with E-state index in [-0.39, 0.29) is 35.7 Å². The Bertz CT molecular complexity index is 927. The van der Waals surface area contributed by atoms with Crippen molar-refractivity contribution in [2.75, 3.05) is 19.7 Å². The molecule has 0 aromatic heterocycles. The highest BCUT2D eigenvalue weighted by atomic mass is 19.1. The quantitative estimate of drug-likeness (QED) is 0.778. The third-order valence-corrected chi connectivity index (χ3v) is 5.54. The second-order valence-corrected chi connectivity index (χ2v) is 9.18. The fourth-order valence-electron chi connectivity index (χ4n) is 3.77. The number of hydrogen-bond acceptors (Lipinski definition) is 3. The molecule has 0 unspecified atom stereocenters. The molecule has 0 spiro atoms. The fourth-order valence-corrected chi connectivity index (χ4v) is 3.77. The van der Waals surface area contributed by atoms with Crippen LogP contribution in [0.5, 0.6) is 5.75 Å². The van der Waals surface area contributed by atoms with E-state index in [0.29, 0.717) is 31.5 Å². The van der Waals surface area contributed by atoms with Crippen LogP contribution in [0.4, 0.5) is 4.39 Å². The number of hydrogen-bond donors (Lipinski definition) is 1. The topological polar surface area (TPSA) is 58.6 Å². The Morgan fingerprint density at radius 1 is 1.10 bits per heavy atom. The van der Waals surface area contributed by atoms with Crippen LogP contribution in [0.25, 0.3) is 0 Å². The molecular formula is C25H31FN2O3. The molecule has 0 saturated carbocycles. The first-order chi connectivity index (χ1) is 14.6. The first-order valence-corrected chi connectivity index (χ1v) is 10.7. The average molecular weight is 427 g/mol. The molecule has 3 rings (SSSR count). The van der Waals surface area contributed by atoms with Crippen molar-refractivity contribution in [2.45, 2.75) is 52.0 Å². The molecule has 2 aromatic carbocycles. The normalized spacial score (nSPS) is 14.9. The molecule has 1 N–H and O–H groups in total. The number of benzene rings is 2. The number of carbonyl (C=O) groups excluding carboxylic acids is 2. The summed E-state index contributed by atoms with van der Waals surface area (Å²) in [6.45, 7) is 9.46. The molecule has 6 heteroatoms.